The maximum Gasteiger partial charge on any atom is 0.324 e. The van der Waals surface area contributed by atoms with Crippen molar-refractivity contribution in [3.63, 3.8) is 0 Å². The lowest BCUT2D eigenvalue weighted by Crippen LogP contribution is -2.45. The Balaban J connectivity index is 3.76. The van der Waals surface area contributed by atoms with Crippen molar-refractivity contribution in [1.29, 1.82) is 0 Å². The number of carbonyl (C=O) groups excluding carboxylic acids is 1. The quantitative estimate of drug-likeness (QED) is 0.571. The first-order chi connectivity index (χ1) is 9.15. The van der Waals surface area contributed by atoms with Gasteiger partial charge in [0.1, 0.15) is 0 Å². The molecule has 0 spiro atoms. The molecule has 0 fully saturated rings. The van der Waals surface area contributed by atoms with Crippen LogP contribution in [0.5, 0.6) is 0 Å². The van der Waals surface area contributed by atoms with Gasteiger partial charge in [-0.3, -0.25) is 4.79 Å². The van der Waals surface area contributed by atoms with Gasteiger partial charge in [0.15, 0.2) is 0 Å². The Kier molecular flexibility index (Phi) is 7.93. The van der Waals surface area contributed by atoms with Crippen LogP contribution in [0.3, 0.4) is 0 Å². The SMILES string of the molecule is CC(CCNC(=O)NCC(F)(F)C(F)F)CCC(=O)O. The van der Waals surface area contributed by atoms with Crippen molar-refractivity contribution in [2.24, 2.45) is 5.92 Å². The zero-order valence-electron chi connectivity index (χ0n) is 11.0. The van der Waals surface area contributed by atoms with Crippen LogP contribution in [0.1, 0.15) is 26.2 Å². The number of carbonyl (C=O) groups is 2. The number of rotatable bonds is 9. The van der Waals surface area contributed by atoms with E-state index in [0.717, 1.165) is 0 Å². The molecule has 5 nitrogen and oxygen atoms in total. The minimum absolute atomic E-state index is 0.00791. The van der Waals surface area contributed by atoms with Crippen molar-refractivity contribution in [2.45, 2.75) is 38.5 Å². The van der Waals surface area contributed by atoms with Crippen LogP contribution >= 0.6 is 0 Å². The Morgan fingerprint density at radius 1 is 1.20 bits per heavy atom. The third-order valence-corrected chi connectivity index (χ3v) is 2.58. The third kappa shape index (κ3) is 8.54. The van der Waals surface area contributed by atoms with Crippen LogP contribution in [0.2, 0.25) is 0 Å². The second kappa shape index (κ2) is 8.60. The first-order valence-electron chi connectivity index (χ1n) is 6.04. The molecular formula is C11H18F4N2O3. The maximum absolute atomic E-state index is 12.5. The molecule has 20 heavy (non-hydrogen) atoms. The summed E-state index contributed by atoms with van der Waals surface area (Å²) >= 11 is 0. The molecule has 0 aliphatic rings. The number of carboxylic acids is 1. The number of alkyl halides is 4. The van der Waals surface area contributed by atoms with Gasteiger partial charge in [-0.1, -0.05) is 6.92 Å². The van der Waals surface area contributed by atoms with E-state index in [-0.39, 0.29) is 18.9 Å². The molecule has 1 unspecified atom stereocenters. The van der Waals surface area contributed by atoms with E-state index in [1.165, 1.54) is 0 Å². The number of urea groups is 1. The molecule has 0 aromatic heterocycles. The molecule has 3 N–H and O–H groups in total. The molecule has 0 heterocycles. The van der Waals surface area contributed by atoms with Gasteiger partial charge in [-0.05, 0) is 18.8 Å². The van der Waals surface area contributed by atoms with Gasteiger partial charge in [0.2, 0.25) is 0 Å². The van der Waals surface area contributed by atoms with Crippen molar-refractivity contribution >= 4 is 12.0 Å². The molecule has 0 bridgehead atoms. The molecule has 0 radical (unpaired) electrons. The highest BCUT2D eigenvalue weighted by Gasteiger charge is 2.40. The van der Waals surface area contributed by atoms with Crippen molar-refractivity contribution < 1.29 is 32.3 Å². The number of carboxylic acid groups (broad SMARTS) is 1. The van der Waals surface area contributed by atoms with Crippen molar-refractivity contribution in [3.05, 3.63) is 0 Å². The van der Waals surface area contributed by atoms with Crippen LogP contribution in [0.25, 0.3) is 0 Å². The predicted molar refractivity (Wildman–Crippen MR) is 63.0 cm³/mol. The van der Waals surface area contributed by atoms with Gasteiger partial charge in [-0.15, -0.1) is 0 Å². The van der Waals surface area contributed by atoms with Crippen LogP contribution in [-0.2, 0) is 4.79 Å². The summed E-state index contributed by atoms with van der Waals surface area (Å²) < 4.78 is 48.6. The highest BCUT2D eigenvalue weighted by molar-refractivity contribution is 5.73. The van der Waals surface area contributed by atoms with E-state index in [9.17, 15) is 27.2 Å². The Labute approximate surface area is 113 Å². The number of hydrogen-bond donors (Lipinski definition) is 3. The van der Waals surface area contributed by atoms with Crippen molar-refractivity contribution in [1.82, 2.24) is 10.6 Å². The average molecular weight is 302 g/mol. The smallest absolute Gasteiger partial charge is 0.324 e. The predicted octanol–water partition coefficient (Wildman–Crippen LogP) is 2.08. The fraction of sp³-hybridized carbons (Fsp3) is 0.818. The minimum atomic E-state index is -4.26. The Bertz CT molecular complexity index is 327. The lowest BCUT2D eigenvalue weighted by Gasteiger charge is -2.16. The van der Waals surface area contributed by atoms with E-state index in [0.29, 0.717) is 12.8 Å². The van der Waals surface area contributed by atoms with Gasteiger partial charge < -0.3 is 15.7 Å². The minimum Gasteiger partial charge on any atom is -0.481 e. The molecule has 0 aromatic rings. The average Bonchev–Trinajstić information content (AvgIpc) is 2.34. The highest BCUT2D eigenvalue weighted by atomic mass is 19.3. The zero-order valence-corrected chi connectivity index (χ0v) is 11.0. The van der Waals surface area contributed by atoms with Gasteiger partial charge >= 0.3 is 24.3 Å². The standard InChI is InChI=1S/C11H18F4N2O3/c1-7(2-3-8(18)19)4-5-16-10(20)17-6-11(14,15)9(12)13/h7,9H,2-6H2,1H3,(H,18,19)(H2,16,17,20). The fourth-order valence-corrected chi connectivity index (χ4v) is 1.28. The van der Waals surface area contributed by atoms with Gasteiger partial charge in [-0.25, -0.2) is 13.6 Å². The first kappa shape index (κ1) is 18.5. The lowest BCUT2D eigenvalue weighted by molar-refractivity contribution is -0.137. The van der Waals surface area contributed by atoms with Crippen LogP contribution in [0, 0.1) is 5.92 Å². The molecule has 0 aromatic carbocycles. The van der Waals surface area contributed by atoms with Crippen LogP contribution < -0.4 is 10.6 Å². The van der Waals surface area contributed by atoms with Gasteiger partial charge in [0.25, 0.3) is 0 Å². The Morgan fingerprint density at radius 3 is 2.30 bits per heavy atom. The second-order valence-electron chi connectivity index (χ2n) is 4.50. The second-order valence-corrected chi connectivity index (χ2v) is 4.50. The molecule has 0 aliphatic heterocycles. The third-order valence-electron chi connectivity index (χ3n) is 2.58. The van der Waals surface area contributed by atoms with Crippen molar-refractivity contribution in [2.75, 3.05) is 13.1 Å². The van der Waals surface area contributed by atoms with E-state index in [2.05, 4.69) is 5.32 Å². The maximum atomic E-state index is 12.5. The highest BCUT2D eigenvalue weighted by Crippen LogP contribution is 2.21. The number of amides is 2. The Hall–Kier alpha value is -1.54. The Morgan fingerprint density at radius 2 is 1.80 bits per heavy atom. The molecule has 9 heteroatoms. The van der Waals surface area contributed by atoms with Crippen LogP contribution in [0.15, 0.2) is 0 Å². The molecule has 0 rings (SSSR count). The number of hydrogen-bond acceptors (Lipinski definition) is 2. The summed E-state index contributed by atoms with van der Waals surface area (Å²) in [6, 6.07) is -0.962. The van der Waals surface area contributed by atoms with Gasteiger partial charge in [-0.2, -0.15) is 8.78 Å². The topological polar surface area (TPSA) is 78.4 Å². The molecule has 0 aliphatic carbocycles. The zero-order chi connectivity index (χ0) is 15.8. The van der Waals surface area contributed by atoms with E-state index in [1.807, 2.05) is 0 Å². The van der Waals surface area contributed by atoms with E-state index >= 15 is 0 Å². The summed E-state index contributed by atoms with van der Waals surface area (Å²) in [5.41, 5.74) is 0. The summed E-state index contributed by atoms with van der Waals surface area (Å²) in [4.78, 5) is 21.4. The molecule has 2 amide bonds. The summed E-state index contributed by atoms with van der Waals surface area (Å²) in [6.45, 7) is 0.491. The van der Waals surface area contributed by atoms with Crippen molar-refractivity contribution in [3.8, 4) is 0 Å². The number of halogens is 4. The molecule has 1 atom stereocenters. The van der Waals surface area contributed by atoms with Crippen LogP contribution in [-0.4, -0.2) is 42.5 Å². The van der Waals surface area contributed by atoms with Crippen LogP contribution in [0.4, 0.5) is 22.4 Å². The molecule has 0 saturated heterocycles. The number of nitrogens with one attached hydrogen (secondary N) is 2. The molecule has 118 valence electrons. The largest absolute Gasteiger partial charge is 0.481 e. The van der Waals surface area contributed by atoms with E-state index < -0.39 is 30.9 Å². The van der Waals surface area contributed by atoms with Gasteiger partial charge in [0.05, 0.1) is 6.54 Å². The summed E-state index contributed by atoms with van der Waals surface area (Å²) in [5, 5.41) is 12.3. The normalized spacial score (nSPS) is 13.1. The molecular weight excluding hydrogens is 284 g/mol. The van der Waals surface area contributed by atoms with E-state index in [4.69, 9.17) is 5.11 Å². The fourth-order valence-electron chi connectivity index (χ4n) is 1.28. The molecule has 0 saturated carbocycles. The van der Waals surface area contributed by atoms with Gasteiger partial charge in [0, 0.05) is 13.0 Å². The van der Waals surface area contributed by atoms with E-state index in [1.54, 1.807) is 12.2 Å². The summed E-state index contributed by atoms with van der Waals surface area (Å²) in [5.74, 6) is -5.14. The number of aliphatic carboxylic acids is 1. The summed E-state index contributed by atoms with van der Waals surface area (Å²) in [6.07, 6.45) is -2.93. The first-order valence-corrected chi connectivity index (χ1v) is 6.04. The monoisotopic (exact) mass is 302 g/mol. The summed E-state index contributed by atoms with van der Waals surface area (Å²) in [7, 11) is 0. The lowest BCUT2D eigenvalue weighted by atomic mass is 10.0.